The van der Waals surface area contributed by atoms with E-state index in [-0.39, 0.29) is 16.7 Å². The molecule has 0 aromatic carbocycles. The monoisotopic (exact) mass is 285 g/mol. The van der Waals surface area contributed by atoms with Crippen molar-refractivity contribution in [2.45, 2.75) is 23.3 Å². The SMILES string of the molecule is CC(=O)c1cc([N+](=O)[O-])c(Sc2nnc(C)o2)s1. The predicted octanol–water partition coefficient (Wildman–Crippen LogP) is 2.70. The summed E-state index contributed by atoms with van der Waals surface area (Å²) in [4.78, 5) is 21.9. The summed E-state index contributed by atoms with van der Waals surface area (Å²) < 4.78 is 5.49. The van der Waals surface area contributed by atoms with Gasteiger partial charge in [-0.15, -0.1) is 21.5 Å². The Morgan fingerprint density at radius 3 is 2.78 bits per heavy atom. The van der Waals surface area contributed by atoms with Crippen LogP contribution in [0.2, 0.25) is 0 Å². The Morgan fingerprint density at radius 2 is 2.28 bits per heavy atom. The molecule has 0 bridgehead atoms. The van der Waals surface area contributed by atoms with E-state index in [1.807, 2.05) is 0 Å². The quantitative estimate of drug-likeness (QED) is 0.483. The fourth-order valence-electron chi connectivity index (χ4n) is 1.14. The van der Waals surface area contributed by atoms with E-state index in [4.69, 9.17) is 4.42 Å². The van der Waals surface area contributed by atoms with Crippen molar-refractivity contribution in [1.29, 1.82) is 0 Å². The van der Waals surface area contributed by atoms with Crippen LogP contribution < -0.4 is 0 Å². The number of nitro groups is 1. The second kappa shape index (κ2) is 4.86. The summed E-state index contributed by atoms with van der Waals surface area (Å²) in [6.45, 7) is 2.99. The fraction of sp³-hybridized carbons (Fsp3) is 0.222. The second-order valence-electron chi connectivity index (χ2n) is 3.29. The number of Topliss-reactive ketones (excluding diaryl/α,β-unsaturated/α-hetero) is 1. The van der Waals surface area contributed by atoms with Crippen LogP contribution in [0.3, 0.4) is 0 Å². The van der Waals surface area contributed by atoms with E-state index in [1.54, 1.807) is 6.92 Å². The minimum atomic E-state index is -0.533. The number of nitrogens with zero attached hydrogens (tertiary/aromatic N) is 3. The first kappa shape index (κ1) is 12.7. The van der Waals surface area contributed by atoms with Crippen LogP contribution >= 0.6 is 23.1 Å². The summed E-state index contributed by atoms with van der Waals surface area (Å²) in [5, 5.41) is 18.5. The molecule has 0 unspecified atom stereocenters. The van der Waals surface area contributed by atoms with Gasteiger partial charge in [0.1, 0.15) is 4.21 Å². The van der Waals surface area contributed by atoms with Crippen LogP contribution in [0.5, 0.6) is 0 Å². The number of aryl methyl sites for hydroxylation is 1. The van der Waals surface area contributed by atoms with E-state index in [9.17, 15) is 14.9 Å². The van der Waals surface area contributed by atoms with Gasteiger partial charge in [-0.25, -0.2) is 0 Å². The molecule has 2 aromatic rings. The van der Waals surface area contributed by atoms with Crippen LogP contribution in [-0.4, -0.2) is 20.9 Å². The van der Waals surface area contributed by atoms with Crippen molar-refractivity contribution < 1.29 is 14.1 Å². The van der Waals surface area contributed by atoms with Crippen LogP contribution in [0, 0.1) is 17.0 Å². The minimum Gasteiger partial charge on any atom is -0.416 e. The molecule has 0 saturated carbocycles. The molecule has 0 aliphatic carbocycles. The summed E-state index contributed by atoms with van der Waals surface area (Å²) in [7, 11) is 0. The van der Waals surface area contributed by atoms with Crippen LogP contribution in [0.25, 0.3) is 0 Å². The smallest absolute Gasteiger partial charge is 0.294 e. The average molecular weight is 285 g/mol. The molecule has 2 aromatic heterocycles. The summed E-state index contributed by atoms with van der Waals surface area (Å²) >= 11 is 2.03. The third-order valence-corrected chi connectivity index (χ3v) is 4.16. The molecule has 0 amide bonds. The van der Waals surface area contributed by atoms with E-state index >= 15 is 0 Å². The highest BCUT2D eigenvalue weighted by Crippen LogP contribution is 2.40. The lowest BCUT2D eigenvalue weighted by molar-refractivity contribution is -0.387. The average Bonchev–Trinajstić information content (AvgIpc) is 2.85. The Morgan fingerprint density at radius 1 is 1.56 bits per heavy atom. The fourth-order valence-corrected chi connectivity index (χ4v) is 3.18. The molecule has 9 heteroatoms. The largest absolute Gasteiger partial charge is 0.416 e. The Labute approximate surface area is 109 Å². The molecular weight excluding hydrogens is 278 g/mol. The van der Waals surface area contributed by atoms with Crippen molar-refractivity contribution in [1.82, 2.24) is 10.2 Å². The number of carbonyl (C=O) groups excluding carboxylic acids is 1. The van der Waals surface area contributed by atoms with E-state index in [0.717, 1.165) is 23.1 Å². The molecule has 0 atom stereocenters. The maximum atomic E-state index is 11.2. The molecule has 0 fully saturated rings. The van der Waals surface area contributed by atoms with Crippen LogP contribution in [0.1, 0.15) is 22.5 Å². The Bertz CT molecular complexity index is 619. The van der Waals surface area contributed by atoms with Gasteiger partial charge < -0.3 is 4.42 Å². The lowest BCUT2D eigenvalue weighted by Crippen LogP contribution is -1.87. The zero-order chi connectivity index (χ0) is 13.3. The molecule has 18 heavy (non-hydrogen) atoms. The maximum Gasteiger partial charge on any atom is 0.294 e. The highest BCUT2D eigenvalue weighted by Gasteiger charge is 2.23. The lowest BCUT2D eigenvalue weighted by Gasteiger charge is -1.91. The molecule has 0 N–H and O–H groups in total. The van der Waals surface area contributed by atoms with Gasteiger partial charge in [-0.2, -0.15) is 0 Å². The highest BCUT2D eigenvalue weighted by molar-refractivity contribution is 8.01. The number of hydrogen-bond acceptors (Lipinski definition) is 8. The topological polar surface area (TPSA) is 99.1 Å². The number of aromatic nitrogens is 2. The van der Waals surface area contributed by atoms with Crippen LogP contribution in [0.4, 0.5) is 5.69 Å². The summed E-state index contributed by atoms with van der Waals surface area (Å²) in [6.07, 6.45) is 0. The normalized spacial score (nSPS) is 10.6. The first-order valence-electron chi connectivity index (χ1n) is 4.74. The van der Waals surface area contributed by atoms with E-state index in [1.165, 1.54) is 13.0 Å². The molecular formula is C9H7N3O4S2. The van der Waals surface area contributed by atoms with Crippen LogP contribution in [0.15, 0.2) is 19.9 Å². The number of hydrogen-bond donors (Lipinski definition) is 0. The summed E-state index contributed by atoms with van der Waals surface area (Å²) in [5.74, 6) is 0.167. The van der Waals surface area contributed by atoms with Crippen molar-refractivity contribution >= 4 is 34.6 Å². The van der Waals surface area contributed by atoms with E-state index in [2.05, 4.69) is 10.2 Å². The van der Waals surface area contributed by atoms with Gasteiger partial charge in [-0.05, 0) is 18.7 Å². The van der Waals surface area contributed by atoms with Gasteiger partial charge >= 0.3 is 0 Å². The first-order valence-corrected chi connectivity index (χ1v) is 6.38. The van der Waals surface area contributed by atoms with Gasteiger partial charge in [0.25, 0.3) is 10.9 Å². The number of thiophene rings is 1. The van der Waals surface area contributed by atoms with E-state index < -0.39 is 4.92 Å². The Balaban J connectivity index is 2.36. The number of rotatable bonds is 4. The van der Waals surface area contributed by atoms with Crippen molar-refractivity contribution in [3.63, 3.8) is 0 Å². The molecule has 94 valence electrons. The van der Waals surface area contributed by atoms with Crippen molar-refractivity contribution in [2.24, 2.45) is 0 Å². The zero-order valence-electron chi connectivity index (χ0n) is 9.37. The van der Waals surface area contributed by atoms with Crippen molar-refractivity contribution in [3.05, 3.63) is 26.9 Å². The molecule has 0 radical (unpaired) electrons. The third-order valence-electron chi connectivity index (χ3n) is 1.91. The van der Waals surface area contributed by atoms with Gasteiger partial charge in [0.05, 0.1) is 9.80 Å². The number of ketones is 1. The maximum absolute atomic E-state index is 11.2. The summed E-state index contributed by atoms with van der Waals surface area (Å²) in [5.41, 5.74) is -0.119. The molecule has 0 aliphatic rings. The molecule has 0 spiro atoms. The van der Waals surface area contributed by atoms with E-state index in [0.29, 0.717) is 15.0 Å². The predicted molar refractivity (Wildman–Crippen MR) is 64.1 cm³/mol. The lowest BCUT2D eigenvalue weighted by atomic mass is 10.3. The third kappa shape index (κ3) is 2.57. The molecule has 0 aliphatic heterocycles. The van der Waals surface area contributed by atoms with Gasteiger partial charge in [-0.3, -0.25) is 14.9 Å². The van der Waals surface area contributed by atoms with Crippen molar-refractivity contribution in [3.8, 4) is 0 Å². The molecule has 2 heterocycles. The molecule has 7 nitrogen and oxygen atoms in total. The second-order valence-corrected chi connectivity index (χ2v) is 5.56. The minimum absolute atomic E-state index is 0.119. The standard InChI is InChI=1S/C9H7N3O4S2/c1-4(13)7-3-6(12(14)15)8(17-7)18-9-11-10-5(2)16-9/h3H,1-2H3. The van der Waals surface area contributed by atoms with Gasteiger partial charge in [0, 0.05) is 13.0 Å². The summed E-state index contributed by atoms with van der Waals surface area (Å²) in [6, 6.07) is 1.26. The highest BCUT2D eigenvalue weighted by atomic mass is 32.2. The zero-order valence-corrected chi connectivity index (χ0v) is 11.0. The molecule has 2 rings (SSSR count). The van der Waals surface area contributed by atoms with Gasteiger partial charge in [-0.1, -0.05) is 0 Å². The Kier molecular flexibility index (Phi) is 3.43. The molecule has 0 saturated heterocycles. The van der Waals surface area contributed by atoms with Gasteiger partial charge in [0.2, 0.25) is 5.89 Å². The van der Waals surface area contributed by atoms with Crippen molar-refractivity contribution in [2.75, 3.05) is 0 Å². The van der Waals surface area contributed by atoms with Crippen LogP contribution in [-0.2, 0) is 0 Å². The first-order chi connectivity index (χ1) is 8.47. The number of carbonyl (C=O) groups is 1. The Hall–Kier alpha value is -1.74. The van der Waals surface area contributed by atoms with Gasteiger partial charge in [0.15, 0.2) is 5.78 Å².